The number of thiol groups is 1. The van der Waals surface area contributed by atoms with Gasteiger partial charge in [-0.15, -0.1) is 0 Å². The van der Waals surface area contributed by atoms with E-state index in [0.717, 1.165) is 48.8 Å². The minimum Gasteiger partial charge on any atom is -0.444 e. The lowest BCUT2D eigenvalue weighted by Gasteiger charge is -2.36. The molecular weight excluding hydrogens is 474 g/mol. The van der Waals surface area contributed by atoms with E-state index in [4.69, 9.17) is 4.74 Å². The van der Waals surface area contributed by atoms with Gasteiger partial charge < -0.3 is 20.3 Å². The monoisotopic (exact) mass is 517 g/mol. The second-order valence-corrected chi connectivity index (χ2v) is 11.9. The predicted molar refractivity (Wildman–Crippen MR) is 145 cm³/mol. The molecule has 0 heterocycles. The largest absolute Gasteiger partial charge is 0.444 e. The van der Waals surface area contributed by atoms with Crippen molar-refractivity contribution < 1.29 is 19.1 Å². The number of hydrogen-bond donors (Lipinski definition) is 3. The topological polar surface area (TPSA) is 87.7 Å². The van der Waals surface area contributed by atoms with Gasteiger partial charge >= 0.3 is 6.09 Å². The normalized spacial score (nSPS) is 21.8. The number of carbonyl (C=O) groups excluding carboxylic acids is 3. The molecule has 1 aromatic carbocycles. The van der Waals surface area contributed by atoms with Crippen molar-refractivity contribution in [3.05, 3.63) is 34.9 Å². The minimum atomic E-state index is -0.910. The van der Waals surface area contributed by atoms with Crippen molar-refractivity contribution in [3.63, 3.8) is 0 Å². The van der Waals surface area contributed by atoms with Crippen LogP contribution >= 0.6 is 12.6 Å². The van der Waals surface area contributed by atoms with Crippen LogP contribution in [0.4, 0.5) is 4.79 Å². The zero-order valence-corrected chi connectivity index (χ0v) is 23.5. The lowest BCUT2D eigenvalue weighted by Crippen LogP contribution is -2.55. The maximum absolute atomic E-state index is 14.0. The van der Waals surface area contributed by atoms with E-state index >= 15 is 0 Å². The number of carbonyl (C=O) groups is 3. The predicted octanol–water partition coefficient (Wildman–Crippen LogP) is 4.85. The van der Waals surface area contributed by atoms with E-state index in [1.807, 2.05) is 26.0 Å². The van der Waals surface area contributed by atoms with Gasteiger partial charge in [-0.2, -0.15) is 12.6 Å². The Morgan fingerprint density at radius 2 is 1.67 bits per heavy atom. The van der Waals surface area contributed by atoms with Crippen LogP contribution in [0.2, 0.25) is 0 Å². The Morgan fingerprint density at radius 3 is 2.17 bits per heavy atom. The van der Waals surface area contributed by atoms with E-state index in [1.165, 1.54) is 6.42 Å². The molecule has 8 heteroatoms. The fourth-order valence-corrected chi connectivity index (χ4v) is 5.37. The highest BCUT2D eigenvalue weighted by Crippen LogP contribution is 2.41. The molecule has 2 N–H and O–H groups in total. The molecule has 1 aromatic rings. The van der Waals surface area contributed by atoms with Crippen LogP contribution in [-0.4, -0.2) is 52.3 Å². The summed E-state index contributed by atoms with van der Waals surface area (Å²) in [5.74, 6) is -0.103. The molecule has 200 valence electrons. The van der Waals surface area contributed by atoms with E-state index in [9.17, 15) is 14.4 Å². The van der Waals surface area contributed by atoms with E-state index in [1.54, 1.807) is 25.7 Å². The van der Waals surface area contributed by atoms with Crippen LogP contribution in [0.1, 0.15) is 89.0 Å². The van der Waals surface area contributed by atoms with Crippen molar-refractivity contribution in [2.75, 3.05) is 5.75 Å². The van der Waals surface area contributed by atoms with Crippen molar-refractivity contribution in [1.29, 1.82) is 0 Å². The molecular formula is C28H43N3O4S. The lowest BCUT2D eigenvalue weighted by atomic mass is 9.94. The molecule has 2 fully saturated rings. The summed E-state index contributed by atoms with van der Waals surface area (Å²) < 4.78 is 5.39. The van der Waals surface area contributed by atoms with Gasteiger partial charge in [0.2, 0.25) is 11.8 Å². The summed E-state index contributed by atoms with van der Waals surface area (Å²) >= 11 is 4.37. The average Bonchev–Trinajstić information content (AvgIpc) is 3.49. The number of amides is 3. The van der Waals surface area contributed by atoms with Crippen LogP contribution in [0.3, 0.4) is 0 Å². The van der Waals surface area contributed by atoms with Crippen LogP contribution in [0, 0.1) is 19.8 Å². The second-order valence-electron chi connectivity index (χ2n) is 11.6. The van der Waals surface area contributed by atoms with Gasteiger partial charge in [-0.25, -0.2) is 4.79 Å². The molecule has 0 bridgehead atoms. The van der Waals surface area contributed by atoms with Crippen LogP contribution in [0.5, 0.6) is 0 Å². The van der Waals surface area contributed by atoms with E-state index < -0.39 is 23.8 Å². The summed E-state index contributed by atoms with van der Waals surface area (Å²) in [7, 11) is 0. The van der Waals surface area contributed by atoms with Gasteiger partial charge in [-0.1, -0.05) is 55.5 Å². The minimum absolute atomic E-state index is 0.0803. The average molecular weight is 518 g/mol. The Balaban J connectivity index is 1.95. The molecule has 2 aliphatic rings. The summed E-state index contributed by atoms with van der Waals surface area (Å²) in [4.78, 5) is 42.1. The molecule has 0 aromatic heterocycles. The lowest BCUT2D eigenvalue weighted by molar-refractivity contribution is -0.143. The molecule has 3 rings (SSSR count). The number of rotatable bonds is 8. The first-order chi connectivity index (χ1) is 16.9. The molecule has 0 spiro atoms. The van der Waals surface area contributed by atoms with Gasteiger partial charge in [0, 0.05) is 17.8 Å². The van der Waals surface area contributed by atoms with Gasteiger partial charge in [0.15, 0.2) is 0 Å². The fraction of sp³-hybridized carbons (Fsp3) is 0.679. The van der Waals surface area contributed by atoms with Gasteiger partial charge in [-0.05, 0) is 65.4 Å². The highest BCUT2D eigenvalue weighted by molar-refractivity contribution is 7.80. The van der Waals surface area contributed by atoms with Crippen molar-refractivity contribution >= 4 is 30.5 Å². The summed E-state index contributed by atoms with van der Waals surface area (Å²) in [6, 6.07) is 4.39. The summed E-state index contributed by atoms with van der Waals surface area (Å²) in [5, 5.41) is 5.94. The van der Waals surface area contributed by atoms with Gasteiger partial charge in [-0.3, -0.25) is 9.59 Å². The van der Waals surface area contributed by atoms with Crippen molar-refractivity contribution in [2.24, 2.45) is 5.92 Å². The Kier molecular flexibility index (Phi) is 9.36. The molecule has 3 amide bonds. The quantitative estimate of drug-likeness (QED) is 0.430. The third-order valence-electron chi connectivity index (χ3n) is 6.89. The molecule has 4 atom stereocenters. The molecule has 36 heavy (non-hydrogen) atoms. The van der Waals surface area contributed by atoms with Crippen LogP contribution in [0.25, 0.3) is 0 Å². The molecule has 0 saturated heterocycles. The van der Waals surface area contributed by atoms with E-state index in [-0.39, 0.29) is 35.6 Å². The second kappa shape index (κ2) is 11.9. The van der Waals surface area contributed by atoms with E-state index in [2.05, 4.69) is 36.3 Å². The number of hydrogen-bond acceptors (Lipinski definition) is 5. The van der Waals surface area contributed by atoms with Crippen LogP contribution < -0.4 is 10.6 Å². The van der Waals surface area contributed by atoms with Gasteiger partial charge in [0.1, 0.15) is 17.7 Å². The molecule has 4 unspecified atom stereocenters. The van der Waals surface area contributed by atoms with Crippen LogP contribution in [-0.2, 0) is 14.3 Å². The fourth-order valence-electron chi connectivity index (χ4n) is 5.12. The number of alkyl carbamates (subject to hydrolysis) is 1. The molecule has 2 saturated carbocycles. The number of benzene rings is 1. The highest BCUT2D eigenvalue weighted by atomic mass is 32.1. The highest BCUT2D eigenvalue weighted by Gasteiger charge is 2.48. The zero-order chi connectivity index (χ0) is 26.6. The number of ether oxygens (including phenoxy) is 1. The van der Waals surface area contributed by atoms with Gasteiger partial charge in [0.25, 0.3) is 0 Å². The summed E-state index contributed by atoms with van der Waals surface area (Å²) in [6.45, 7) is 11.4. The van der Waals surface area contributed by atoms with Crippen LogP contribution in [0.15, 0.2) is 18.2 Å². The number of nitrogens with zero attached hydrogens (tertiary/aromatic N) is 1. The SMILES string of the molecule is Cc1cc(C)cc(C(C(=O)NC2CCCCC2)N(C(=O)C(CS)NC(=O)OC(C)(C)C)C2CC2C)c1. The van der Waals surface area contributed by atoms with Crippen molar-refractivity contribution in [2.45, 2.75) is 110 Å². The first-order valence-electron chi connectivity index (χ1n) is 13.2. The van der Waals surface area contributed by atoms with Gasteiger partial charge in [0.05, 0.1) is 0 Å². The summed E-state index contributed by atoms with van der Waals surface area (Å²) in [6.07, 6.45) is 5.45. The maximum Gasteiger partial charge on any atom is 0.408 e. The Bertz CT molecular complexity index is 934. The van der Waals surface area contributed by atoms with E-state index in [0.29, 0.717) is 0 Å². The zero-order valence-electron chi connectivity index (χ0n) is 22.6. The van der Waals surface area contributed by atoms with Crippen molar-refractivity contribution in [1.82, 2.24) is 15.5 Å². The molecule has 2 aliphatic carbocycles. The Hall–Kier alpha value is -2.22. The molecule has 0 aliphatic heterocycles. The third kappa shape index (κ3) is 7.64. The first kappa shape index (κ1) is 28.4. The number of nitrogens with one attached hydrogen (secondary N) is 2. The first-order valence-corrected chi connectivity index (χ1v) is 13.8. The maximum atomic E-state index is 14.0. The molecule has 7 nitrogen and oxygen atoms in total. The molecule has 0 radical (unpaired) electrons. The number of aryl methyl sites for hydroxylation is 2. The standard InChI is InChI=1S/C28H43N3O4S/c1-17-12-18(2)14-20(13-17)24(25(32)29-21-10-8-7-9-11-21)31(23-15-19(23)3)26(33)22(16-36)30-27(34)35-28(4,5)6/h12-14,19,21-24,36H,7-11,15-16H2,1-6H3,(H,29,32)(H,30,34). The summed E-state index contributed by atoms with van der Waals surface area (Å²) in [5.41, 5.74) is 2.17. The third-order valence-corrected chi connectivity index (χ3v) is 7.25. The Labute approximate surface area is 221 Å². The smallest absolute Gasteiger partial charge is 0.408 e. The Morgan fingerprint density at radius 1 is 1.08 bits per heavy atom. The van der Waals surface area contributed by atoms with Crippen molar-refractivity contribution in [3.8, 4) is 0 Å².